The zero-order valence-corrected chi connectivity index (χ0v) is 77.0. The summed E-state index contributed by atoms with van der Waals surface area (Å²) in [7, 11) is -38.1. The van der Waals surface area contributed by atoms with Crippen molar-refractivity contribution in [3.8, 4) is 45.6 Å². The van der Waals surface area contributed by atoms with Crippen LogP contribution in [0.25, 0.3) is 88.6 Å². The third-order valence-electron chi connectivity index (χ3n) is 16.3. The van der Waals surface area contributed by atoms with E-state index in [2.05, 4.69) is 39.9 Å². The standard InChI is InChI=1S/4C10H8N2.4C10H10O6P2.4Cu.6H2O/c4*1-3-7-11-9(5-1)10-6-2-4-8-12-10;4*11-17(12,13)9-5-6-10(18(14,15)16)8-4-2-1-3-7(8)9;;;;;;;;;;/h4*1-8H;4*1-6H,(H2,11,12,13)(H2,14,15,16);;;;;6*1H2/q;;;;;;;;4*+2;;;;;;/p-4. The first-order valence-corrected chi connectivity index (χ1v) is 47.0. The van der Waals surface area contributed by atoms with E-state index in [4.69, 9.17) is 39.1 Å². The fourth-order valence-electron chi connectivity index (χ4n) is 11.2. The van der Waals surface area contributed by atoms with E-state index in [-0.39, 0.29) is 187 Å². The molecule has 8 unspecified atom stereocenters. The minimum absolute atomic E-state index is 0. The van der Waals surface area contributed by atoms with Gasteiger partial charge in [-0.25, -0.2) is 0 Å². The van der Waals surface area contributed by atoms with Gasteiger partial charge in [-0.05, 0) is 189 Å². The molecule has 0 aliphatic carbocycles. The molecule has 8 atom stereocenters. The quantitative estimate of drug-likeness (QED) is 0.0452. The molecule has 8 aromatic heterocycles. The monoisotopic (exact) mass is 2130 g/mol. The van der Waals surface area contributed by atoms with Gasteiger partial charge in [-0.2, -0.15) is 0 Å². The second kappa shape index (κ2) is 55.5. The molecule has 0 aliphatic rings. The van der Waals surface area contributed by atoms with Crippen molar-refractivity contribution in [2.75, 3.05) is 0 Å². The Morgan fingerprint density at radius 2 is 0.246 bits per heavy atom. The summed E-state index contributed by atoms with van der Waals surface area (Å²) in [6.07, 6.45) is 14.1. The summed E-state index contributed by atoms with van der Waals surface area (Å²) in [4.78, 5) is 196. The summed E-state index contributed by atoms with van der Waals surface area (Å²) in [5.74, 6) is 0. The topological polar surface area (TPSA) is 781 Å². The SMILES string of the molecule is O.O.O=P([O-])(O)c1ccc(P(=O)([O-])O)c2ccccc12.O=P([O-])(O)c1ccc(P(=O)([O-])O)c2ccccc12.O=P([O-])(O)c1ccc(P(=O)([O-])O)c2ccccc12.O=P([O-])(O)c1ccc(P(=O)([O-])O)c2ccccc12.[Cu+2].[Cu+2].[Cu+2].[Cu+2].[OH3+].[OH3+].[OH3+].[OH3+].c1ccc(-c2ccccn2)nc1.c1ccc(-c2ccccn2)nc1.c1ccc(-c2ccccn2)nc1.c1ccc(-c2ccccn2)nc1. The number of hydrogen-bond acceptors (Lipinski definition) is 24. The molecular weight excluding hydrogens is 2050 g/mol. The fourth-order valence-corrected chi connectivity index (χ4v) is 17.3. The molecule has 700 valence electrons. The van der Waals surface area contributed by atoms with E-state index in [0.717, 1.165) is 94.1 Å². The summed E-state index contributed by atoms with van der Waals surface area (Å²) in [6, 6.07) is 76.8. The Morgan fingerprint density at radius 3 is 0.315 bits per heavy atom. The maximum Gasteiger partial charge on any atom is 2.00 e. The maximum atomic E-state index is 11.2. The van der Waals surface area contributed by atoms with Gasteiger partial charge >= 0.3 is 68.3 Å². The van der Waals surface area contributed by atoms with Crippen LogP contribution in [0.15, 0.2) is 341 Å². The van der Waals surface area contributed by atoms with Crippen LogP contribution in [-0.4, -0.2) is 90.0 Å². The van der Waals surface area contributed by atoms with Gasteiger partial charge in [-0.15, -0.1) is 0 Å². The Balaban J connectivity index is 0. The van der Waals surface area contributed by atoms with Gasteiger partial charge in [0.25, 0.3) is 0 Å². The summed E-state index contributed by atoms with van der Waals surface area (Å²) in [6.45, 7) is 0. The van der Waals surface area contributed by atoms with Crippen molar-refractivity contribution < 1.29 is 216 Å². The van der Waals surface area contributed by atoms with Crippen LogP contribution in [0.4, 0.5) is 0 Å². The van der Waals surface area contributed by atoms with Crippen LogP contribution in [0.5, 0.6) is 0 Å². The van der Waals surface area contributed by atoms with E-state index in [0.29, 0.717) is 0 Å². The summed E-state index contributed by atoms with van der Waals surface area (Å²) >= 11 is 0. The molecule has 8 aromatic carbocycles. The van der Waals surface area contributed by atoms with Gasteiger partial charge in [0, 0.05) is 92.0 Å². The van der Waals surface area contributed by atoms with E-state index in [1.807, 2.05) is 146 Å². The Hall–Kier alpha value is -8.96. The Bertz CT molecular complexity index is 5400. The average molecular weight is 2140 g/mol. The Morgan fingerprint density at radius 1 is 0.162 bits per heavy atom. The number of nitrogens with zero attached hydrogens (tertiary/aromatic N) is 8. The van der Waals surface area contributed by atoms with E-state index < -0.39 is 60.8 Å². The molecule has 16 aromatic rings. The molecule has 130 heavy (non-hydrogen) atoms. The van der Waals surface area contributed by atoms with Crippen LogP contribution >= 0.6 is 60.8 Å². The largest absolute Gasteiger partial charge is 2.00 e. The molecule has 0 aliphatic heterocycles. The predicted octanol–water partition coefficient (Wildman–Crippen LogP) is -0.0454. The first kappa shape index (κ1) is 123. The van der Waals surface area contributed by atoms with Crippen LogP contribution in [-0.2, 0) is 127 Å². The van der Waals surface area contributed by atoms with Gasteiger partial charge in [0.05, 0.1) is 45.6 Å². The fraction of sp³-hybridized carbons (Fsp3) is 0. The number of rotatable bonds is 12. The third-order valence-corrected chi connectivity index (χ3v) is 24.3. The summed E-state index contributed by atoms with van der Waals surface area (Å²) < 4.78 is 89.5. The normalized spacial score (nSPS) is 13.7. The zero-order chi connectivity index (χ0) is 87.1. The van der Waals surface area contributed by atoms with Crippen molar-refractivity contribution in [3.63, 3.8) is 0 Å². The molecule has 0 spiro atoms. The second-order valence-electron chi connectivity index (χ2n) is 24.5. The molecule has 0 amide bonds. The molecule has 0 saturated heterocycles. The maximum absolute atomic E-state index is 11.2. The number of aromatic nitrogens is 8. The van der Waals surface area contributed by atoms with Crippen molar-refractivity contribution >= 4 is 146 Å². The average Bonchev–Trinajstić information content (AvgIpc) is 0.782. The molecule has 50 heteroatoms. The smallest absolute Gasteiger partial charge is 0.775 e. The first-order chi connectivity index (χ1) is 56.7. The molecular formula is C80H80Cu4N8O30P8+4. The van der Waals surface area contributed by atoms with E-state index in [9.17, 15) is 75.7 Å². The van der Waals surface area contributed by atoms with Crippen LogP contribution in [0.3, 0.4) is 0 Å². The molecule has 24 N–H and O–H groups in total. The van der Waals surface area contributed by atoms with E-state index in [1.165, 1.54) is 97.1 Å². The van der Waals surface area contributed by atoms with E-state index in [1.54, 1.807) is 49.6 Å². The second-order valence-corrected chi connectivity index (χ2v) is 36.7. The molecule has 0 fully saturated rings. The molecule has 0 saturated carbocycles. The number of fused-ring (bicyclic) bond motifs is 4. The van der Waals surface area contributed by atoms with Gasteiger partial charge in [-0.1, -0.05) is 146 Å². The molecule has 16 rings (SSSR count). The van der Waals surface area contributed by atoms with Crippen molar-refractivity contribution in [1.82, 2.24) is 39.9 Å². The number of benzene rings is 8. The first-order valence-electron chi connectivity index (χ1n) is 34.4. The van der Waals surface area contributed by atoms with Crippen LogP contribution < -0.4 is 81.6 Å². The van der Waals surface area contributed by atoms with Gasteiger partial charge in [0.1, 0.15) is 0 Å². The molecule has 4 radical (unpaired) electrons. The molecule has 0 bridgehead atoms. The number of pyridine rings is 8. The number of hydrogen-bond donors (Lipinski definition) is 8. The minimum atomic E-state index is -4.76. The zero-order valence-electron chi connectivity index (χ0n) is 66.1. The minimum Gasteiger partial charge on any atom is -0.775 e. The van der Waals surface area contributed by atoms with Gasteiger partial charge < -0.3 is 148 Å². The Kier molecular flexibility index (Phi) is 52.6. The van der Waals surface area contributed by atoms with Crippen LogP contribution in [0.1, 0.15) is 0 Å². The molecule has 8 heterocycles. The van der Waals surface area contributed by atoms with Crippen LogP contribution in [0, 0.1) is 0 Å². The van der Waals surface area contributed by atoms with Crippen LogP contribution in [0.2, 0.25) is 0 Å². The predicted molar refractivity (Wildman–Crippen MR) is 468 cm³/mol. The van der Waals surface area contributed by atoms with Crippen molar-refractivity contribution in [2.24, 2.45) is 0 Å². The van der Waals surface area contributed by atoms with Crippen molar-refractivity contribution in [3.05, 3.63) is 341 Å². The Labute approximate surface area is 782 Å². The summed E-state index contributed by atoms with van der Waals surface area (Å²) in [5, 5.41) is -2.69. The van der Waals surface area contributed by atoms with Gasteiger partial charge in [0.15, 0.2) is 60.8 Å². The van der Waals surface area contributed by atoms with Crippen molar-refractivity contribution in [2.45, 2.75) is 0 Å². The third kappa shape index (κ3) is 35.9. The van der Waals surface area contributed by atoms with Gasteiger partial charge in [0.2, 0.25) is 0 Å². The molecule has 38 nitrogen and oxygen atoms in total. The van der Waals surface area contributed by atoms with Crippen molar-refractivity contribution in [1.29, 1.82) is 0 Å². The van der Waals surface area contributed by atoms with Gasteiger partial charge in [-0.3, -0.25) is 39.9 Å². The summed E-state index contributed by atoms with van der Waals surface area (Å²) in [5.41, 5.74) is 7.32. The van der Waals surface area contributed by atoms with E-state index >= 15 is 0 Å².